The van der Waals surface area contributed by atoms with E-state index in [0.717, 1.165) is 5.56 Å². The number of carbonyl (C=O) groups excluding carboxylic acids is 1. The molecule has 0 fully saturated rings. The van der Waals surface area contributed by atoms with E-state index in [9.17, 15) is 9.90 Å². The van der Waals surface area contributed by atoms with Crippen molar-refractivity contribution in [2.24, 2.45) is 0 Å². The Morgan fingerprint density at radius 2 is 2.03 bits per heavy atom. The number of benzene rings is 2. The molecule has 6 nitrogen and oxygen atoms in total. The van der Waals surface area contributed by atoms with Crippen LogP contribution in [0.5, 0.6) is 23.1 Å². The summed E-state index contributed by atoms with van der Waals surface area (Å²) in [5.74, 6) is 1.28. The highest BCUT2D eigenvalue weighted by Crippen LogP contribution is 2.31. The van der Waals surface area contributed by atoms with Gasteiger partial charge in [-0.15, -0.1) is 0 Å². The lowest BCUT2D eigenvalue weighted by molar-refractivity contribution is 0.0985. The second-order valence-electron chi connectivity index (χ2n) is 6.40. The van der Waals surface area contributed by atoms with E-state index in [0.29, 0.717) is 40.5 Å². The van der Waals surface area contributed by atoms with Gasteiger partial charge in [0.15, 0.2) is 5.78 Å². The second kappa shape index (κ2) is 8.89. The van der Waals surface area contributed by atoms with Crippen molar-refractivity contribution in [1.29, 1.82) is 5.26 Å². The Hall–Kier alpha value is -3.85. The summed E-state index contributed by atoms with van der Waals surface area (Å²) < 4.78 is 11.4. The molecule has 0 saturated carbocycles. The van der Waals surface area contributed by atoms with Gasteiger partial charge in [-0.05, 0) is 43.3 Å². The fourth-order valence-electron chi connectivity index (χ4n) is 2.72. The van der Waals surface area contributed by atoms with E-state index < -0.39 is 0 Å². The van der Waals surface area contributed by atoms with Crippen LogP contribution in [0.2, 0.25) is 0 Å². The normalized spacial score (nSPS) is 10.2. The van der Waals surface area contributed by atoms with Gasteiger partial charge in [0.25, 0.3) is 0 Å². The number of nitrogens with zero attached hydrogens (tertiary/aromatic N) is 2. The molecule has 3 rings (SSSR count). The zero-order valence-corrected chi connectivity index (χ0v) is 16.2. The van der Waals surface area contributed by atoms with Gasteiger partial charge in [0.05, 0.1) is 17.2 Å². The Labute approximate surface area is 169 Å². The highest BCUT2D eigenvalue weighted by molar-refractivity contribution is 5.99. The Morgan fingerprint density at radius 1 is 1.21 bits per heavy atom. The Morgan fingerprint density at radius 3 is 2.72 bits per heavy atom. The molecular formula is C23H20N2O4. The van der Waals surface area contributed by atoms with E-state index in [4.69, 9.17) is 14.7 Å². The van der Waals surface area contributed by atoms with Crippen molar-refractivity contribution in [2.45, 2.75) is 26.9 Å². The summed E-state index contributed by atoms with van der Waals surface area (Å²) in [7, 11) is 0. The largest absolute Gasteiger partial charge is 0.507 e. The van der Waals surface area contributed by atoms with Crippen molar-refractivity contribution in [3.05, 3.63) is 77.0 Å². The van der Waals surface area contributed by atoms with Crippen LogP contribution in [0.15, 0.2) is 54.7 Å². The van der Waals surface area contributed by atoms with Gasteiger partial charge in [0, 0.05) is 29.8 Å². The molecule has 0 aliphatic heterocycles. The number of phenolic OH excluding ortho intramolecular Hbond substituents is 1. The molecule has 146 valence electrons. The molecule has 1 aromatic heterocycles. The number of ketones is 1. The van der Waals surface area contributed by atoms with Crippen LogP contribution < -0.4 is 9.47 Å². The minimum Gasteiger partial charge on any atom is -0.507 e. The standard InChI is InChI=1S/C23H20N2O4/c1-3-20(26)19-8-9-21(15(2)23(19)27)28-14-17-7-10-22(25-13-17)29-18-6-4-5-16(11-18)12-24/h4-11,13,27H,3,14H2,1-2H3. The van der Waals surface area contributed by atoms with Crippen molar-refractivity contribution < 1.29 is 19.4 Å². The van der Waals surface area contributed by atoms with Gasteiger partial charge < -0.3 is 14.6 Å². The topological polar surface area (TPSA) is 92.4 Å². The van der Waals surface area contributed by atoms with Crippen LogP contribution in [0, 0.1) is 18.3 Å². The quantitative estimate of drug-likeness (QED) is 0.577. The predicted octanol–water partition coefficient (Wildman–Crippen LogP) is 4.93. The molecule has 0 saturated heterocycles. The molecule has 0 aliphatic carbocycles. The van der Waals surface area contributed by atoms with E-state index in [1.54, 1.807) is 62.5 Å². The van der Waals surface area contributed by atoms with Gasteiger partial charge in [-0.3, -0.25) is 4.79 Å². The summed E-state index contributed by atoms with van der Waals surface area (Å²) >= 11 is 0. The zero-order chi connectivity index (χ0) is 20.8. The molecule has 0 radical (unpaired) electrons. The average molecular weight is 388 g/mol. The van der Waals surface area contributed by atoms with E-state index in [2.05, 4.69) is 11.1 Å². The van der Waals surface area contributed by atoms with Gasteiger partial charge in [-0.25, -0.2) is 4.98 Å². The number of Topliss-reactive ketones (excluding diaryl/α,β-unsaturated/α-hetero) is 1. The highest BCUT2D eigenvalue weighted by Gasteiger charge is 2.14. The van der Waals surface area contributed by atoms with Gasteiger partial charge in [0.1, 0.15) is 23.9 Å². The van der Waals surface area contributed by atoms with Gasteiger partial charge in [-0.1, -0.05) is 13.0 Å². The van der Waals surface area contributed by atoms with Crippen LogP contribution >= 0.6 is 0 Å². The number of nitriles is 1. The maximum Gasteiger partial charge on any atom is 0.219 e. The van der Waals surface area contributed by atoms with E-state index in [-0.39, 0.29) is 18.1 Å². The maximum absolute atomic E-state index is 11.8. The fraction of sp³-hybridized carbons (Fsp3) is 0.174. The lowest BCUT2D eigenvalue weighted by Crippen LogP contribution is -2.02. The average Bonchev–Trinajstić information content (AvgIpc) is 2.75. The summed E-state index contributed by atoms with van der Waals surface area (Å²) in [6.45, 7) is 3.71. The van der Waals surface area contributed by atoms with E-state index in [1.807, 2.05) is 6.07 Å². The molecule has 0 spiro atoms. The summed E-state index contributed by atoms with van der Waals surface area (Å²) in [6, 6.07) is 15.7. The third kappa shape index (κ3) is 4.71. The molecule has 0 atom stereocenters. The molecular weight excluding hydrogens is 368 g/mol. The van der Waals surface area contributed by atoms with Crippen molar-refractivity contribution >= 4 is 5.78 Å². The molecule has 3 aromatic rings. The van der Waals surface area contributed by atoms with Crippen LogP contribution in [0.25, 0.3) is 0 Å². The number of rotatable bonds is 7. The number of pyridine rings is 1. The summed E-state index contributed by atoms with van der Waals surface area (Å²) in [4.78, 5) is 16.1. The van der Waals surface area contributed by atoms with E-state index in [1.165, 1.54) is 0 Å². The SMILES string of the molecule is CCC(=O)c1ccc(OCc2ccc(Oc3cccc(C#N)c3)nc2)c(C)c1O. The number of aromatic nitrogens is 1. The first-order valence-corrected chi connectivity index (χ1v) is 9.13. The minimum absolute atomic E-state index is 0.0455. The van der Waals surface area contributed by atoms with E-state index >= 15 is 0 Å². The van der Waals surface area contributed by atoms with Crippen LogP contribution in [-0.2, 0) is 6.61 Å². The van der Waals surface area contributed by atoms with Crippen molar-refractivity contribution in [3.63, 3.8) is 0 Å². The van der Waals surface area contributed by atoms with Crippen LogP contribution in [0.1, 0.15) is 40.4 Å². The van der Waals surface area contributed by atoms with Crippen LogP contribution in [0.3, 0.4) is 0 Å². The Balaban J connectivity index is 1.65. The number of phenols is 1. The smallest absolute Gasteiger partial charge is 0.219 e. The Bertz CT molecular complexity index is 1070. The summed E-state index contributed by atoms with van der Waals surface area (Å²) in [6.07, 6.45) is 1.96. The van der Waals surface area contributed by atoms with Crippen molar-refractivity contribution in [1.82, 2.24) is 4.98 Å². The lowest BCUT2D eigenvalue weighted by Gasteiger charge is -2.13. The molecule has 1 heterocycles. The highest BCUT2D eigenvalue weighted by atomic mass is 16.5. The molecule has 0 amide bonds. The lowest BCUT2D eigenvalue weighted by atomic mass is 10.0. The van der Waals surface area contributed by atoms with Crippen LogP contribution in [-0.4, -0.2) is 15.9 Å². The maximum atomic E-state index is 11.8. The number of carbonyl (C=O) groups is 1. The molecule has 29 heavy (non-hydrogen) atoms. The number of hydrogen-bond acceptors (Lipinski definition) is 6. The summed E-state index contributed by atoms with van der Waals surface area (Å²) in [5, 5.41) is 19.2. The first kappa shape index (κ1) is 19.9. The molecule has 0 unspecified atom stereocenters. The molecule has 1 N–H and O–H groups in total. The molecule has 2 aromatic carbocycles. The predicted molar refractivity (Wildman–Crippen MR) is 107 cm³/mol. The van der Waals surface area contributed by atoms with Crippen LogP contribution in [0.4, 0.5) is 0 Å². The number of ether oxygens (including phenoxy) is 2. The third-order valence-corrected chi connectivity index (χ3v) is 4.38. The third-order valence-electron chi connectivity index (χ3n) is 4.38. The minimum atomic E-state index is -0.114. The monoisotopic (exact) mass is 388 g/mol. The van der Waals surface area contributed by atoms with Gasteiger partial charge in [-0.2, -0.15) is 5.26 Å². The zero-order valence-electron chi connectivity index (χ0n) is 16.2. The first-order chi connectivity index (χ1) is 14.0. The first-order valence-electron chi connectivity index (χ1n) is 9.13. The molecule has 0 bridgehead atoms. The number of hydrogen-bond donors (Lipinski definition) is 1. The van der Waals surface area contributed by atoms with Crippen molar-refractivity contribution in [2.75, 3.05) is 0 Å². The summed E-state index contributed by atoms with van der Waals surface area (Å²) in [5.41, 5.74) is 2.16. The number of aromatic hydroxyl groups is 1. The molecule has 6 heteroatoms. The molecule has 0 aliphatic rings. The van der Waals surface area contributed by atoms with Gasteiger partial charge in [0.2, 0.25) is 5.88 Å². The van der Waals surface area contributed by atoms with Crippen molar-refractivity contribution in [3.8, 4) is 29.2 Å². The Kier molecular flexibility index (Phi) is 6.10. The fourth-order valence-corrected chi connectivity index (χ4v) is 2.72. The van der Waals surface area contributed by atoms with Gasteiger partial charge >= 0.3 is 0 Å². The second-order valence-corrected chi connectivity index (χ2v) is 6.40.